The standard InChI is InChI=1S/C16H11F7N2OS/c17-13-9(3-1-6-12(13)15(18,19)20)8-24-14(26)25-10-4-2-5-11(7-10)27-16(21,22)23/h1-7H,8H2,(H2,24,25,26). The molecule has 3 nitrogen and oxygen atoms in total. The van der Waals surface area contributed by atoms with Crippen LogP contribution in [0.3, 0.4) is 0 Å². The molecule has 2 N–H and O–H groups in total. The Morgan fingerprint density at radius 2 is 1.67 bits per heavy atom. The van der Waals surface area contributed by atoms with Crippen LogP contribution in [0.1, 0.15) is 11.1 Å². The number of nitrogens with one attached hydrogen (secondary N) is 2. The van der Waals surface area contributed by atoms with Crippen molar-refractivity contribution in [3.8, 4) is 0 Å². The third kappa shape index (κ3) is 6.35. The molecule has 0 heterocycles. The van der Waals surface area contributed by atoms with Crippen LogP contribution < -0.4 is 10.6 Å². The summed E-state index contributed by atoms with van der Waals surface area (Å²) in [6.45, 7) is -0.543. The number of hydrogen-bond donors (Lipinski definition) is 2. The smallest absolute Gasteiger partial charge is 0.334 e. The van der Waals surface area contributed by atoms with Gasteiger partial charge >= 0.3 is 17.7 Å². The van der Waals surface area contributed by atoms with Crippen LogP contribution in [0.2, 0.25) is 0 Å². The Labute approximate surface area is 152 Å². The first-order valence-corrected chi connectivity index (χ1v) is 8.02. The molecular formula is C16H11F7N2OS. The van der Waals surface area contributed by atoms with E-state index in [0.29, 0.717) is 6.07 Å². The zero-order valence-corrected chi connectivity index (χ0v) is 14.0. The van der Waals surface area contributed by atoms with Gasteiger partial charge in [-0.25, -0.2) is 9.18 Å². The van der Waals surface area contributed by atoms with E-state index in [1.54, 1.807) is 0 Å². The molecule has 0 unspecified atom stereocenters. The summed E-state index contributed by atoms with van der Waals surface area (Å²) in [5, 5.41) is 4.38. The van der Waals surface area contributed by atoms with Gasteiger partial charge in [0.1, 0.15) is 5.82 Å². The van der Waals surface area contributed by atoms with Crippen LogP contribution in [0.4, 0.5) is 41.2 Å². The van der Waals surface area contributed by atoms with Crippen LogP contribution in [0, 0.1) is 5.82 Å². The van der Waals surface area contributed by atoms with Gasteiger partial charge in [0.2, 0.25) is 0 Å². The van der Waals surface area contributed by atoms with Gasteiger partial charge in [-0.1, -0.05) is 18.2 Å². The van der Waals surface area contributed by atoms with Gasteiger partial charge in [-0.3, -0.25) is 0 Å². The Morgan fingerprint density at radius 1 is 1.00 bits per heavy atom. The van der Waals surface area contributed by atoms with Crippen molar-refractivity contribution in [1.29, 1.82) is 0 Å². The minimum Gasteiger partial charge on any atom is -0.334 e. The van der Waals surface area contributed by atoms with Crippen molar-refractivity contribution in [2.45, 2.75) is 23.1 Å². The van der Waals surface area contributed by atoms with Crippen LogP contribution in [0.25, 0.3) is 0 Å². The number of thioether (sulfide) groups is 1. The van der Waals surface area contributed by atoms with Crippen molar-refractivity contribution in [2.24, 2.45) is 0 Å². The maximum Gasteiger partial charge on any atom is 0.446 e. The monoisotopic (exact) mass is 412 g/mol. The molecule has 0 aromatic heterocycles. The molecule has 0 saturated carbocycles. The lowest BCUT2D eigenvalue weighted by molar-refractivity contribution is -0.140. The topological polar surface area (TPSA) is 41.1 Å². The average Bonchev–Trinajstić information content (AvgIpc) is 2.51. The summed E-state index contributed by atoms with van der Waals surface area (Å²) in [5.41, 5.74) is -6.31. The van der Waals surface area contributed by atoms with Crippen molar-refractivity contribution < 1.29 is 35.5 Å². The molecule has 0 radical (unpaired) electrons. The Kier molecular flexibility index (Phi) is 6.24. The van der Waals surface area contributed by atoms with Crippen LogP contribution in [-0.2, 0) is 12.7 Å². The van der Waals surface area contributed by atoms with Gasteiger partial charge in [0, 0.05) is 22.7 Å². The maximum absolute atomic E-state index is 13.9. The predicted octanol–water partition coefficient (Wildman–Crippen LogP) is 5.78. The number of hydrogen-bond acceptors (Lipinski definition) is 2. The lowest BCUT2D eigenvalue weighted by atomic mass is 10.1. The number of halogens is 7. The number of benzene rings is 2. The van der Waals surface area contributed by atoms with Gasteiger partial charge in [-0.2, -0.15) is 26.3 Å². The molecule has 146 valence electrons. The van der Waals surface area contributed by atoms with Gasteiger partial charge in [-0.05, 0) is 36.0 Å². The van der Waals surface area contributed by atoms with E-state index in [1.807, 2.05) is 0 Å². The quantitative estimate of drug-likeness (QED) is 0.494. The van der Waals surface area contributed by atoms with Crippen LogP contribution >= 0.6 is 11.8 Å². The summed E-state index contributed by atoms with van der Waals surface area (Å²) in [4.78, 5) is 11.6. The van der Waals surface area contributed by atoms with E-state index >= 15 is 0 Å². The first-order valence-electron chi connectivity index (χ1n) is 7.21. The fourth-order valence-electron chi connectivity index (χ4n) is 2.06. The van der Waals surface area contributed by atoms with Crippen LogP contribution in [0.15, 0.2) is 47.4 Å². The zero-order valence-electron chi connectivity index (χ0n) is 13.2. The molecule has 11 heteroatoms. The minimum atomic E-state index is -4.88. The molecule has 2 rings (SSSR count). The number of anilines is 1. The first kappa shape index (κ1) is 20.9. The Balaban J connectivity index is 2.01. The van der Waals surface area contributed by atoms with Gasteiger partial charge in [0.25, 0.3) is 0 Å². The first-order chi connectivity index (χ1) is 12.5. The highest BCUT2D eigenvalue weighted by atomic mass is 32.2. The molecule has 0 saturated heterocycles. The molecule has 2 amide bonds. The lowest BCUT2D eigenvalue weighted by Crippen LogP contribution is -2.28. The molecule has 27 heavy (non-hydrogen) atoms. The highest BCUT2D eigenvalue weighted by Crippen LogP contribution is 2.37. The summed E-state index contributed by atoms with van der Waals surface area (Å²) in [6, 6.07) is 6.61. The van der Waals surface area contributed by atoms with E-state index in [0.717, 1.165) is 18.2 Å². The van der Waals surface area contributed by atoms with Crippen LogP contribution in [0.5, 0.6) is 0 Å². The summed E-state index contributed by atoms with van der Waals surface area (Å²) in [7, 11) is 0. The summed E-state index contributed by atoms with van der Waals surface area (Å²) in [5.74, 6) is -1.51. The lowest BCUT2D eigenvalue weighted by Gasteiger charge is -2.12. The van der Waals surface area contributed by atoms with E-state index in [9.17, 15) is 35.5 Å². The van der Waals surface area contributed by atoms with Gasteiger partial charge in [0.05, 0.1) is 5.56 Å². The number of carbonyl (C=O) groups is 1. The van der Waals surface area contributed by atoms with Crippen molar-refractivity contribution in [2.75, 3.05) is 5.32 Å². The number of rotatable bonds is 4. The number of carbonyl (C=O) groups excluding carboxylic acids is 1. The second-order valence-electron chi connectivity index (χ2n) is 5.16. The molecule has 0 atom stereocenters. The second-order valence-corrected chi connectivity index (χ2v) is 6.30. The molecule has 0 fully saturated rings. The summed E-state index contributed by atoms with van der Waals surface area (Å²) >= 11 is -0.370. The zero-order chi connectivity index (χ0) is 20.2. The third-order valence-electron chi connectivity index (χ3n) is 3.15. The Hall–Kier alpha value is -2.43. The van der Waals surface area contributed by atoms with Crippen molar-refractivity contribution in [1.82, 2.24) is 5.32 Å². The summed E-state index contributed by atoms with van der Waals surface area (Å²) in [6.07, 6.45) is -4.88. The maximum atomic E-state index is 13.9. The van der Waals surface area contributed by atoms with Gasteiger partial charge in [-0.15, -0.1) is 0 Å². The van der Waals surface area contributed by atoms with Gasteiger partial charge in [0.15, 0.2) is 0 Å². The van der Waals surface area contributed by atoms with Crippen LogP contribution in [-0.4, -0.2) is 11.5 Å². The summed E-state index contributed by atoms with van der Waals surface area (Å²) < 4.78 is 88.8. The van der Waals surface area contributed by atoms with Crippen molar-refractivity contribution >= 4 is 23.5 Å². The van der Waals surface area contributed by atoms with Crippen molar-refractivity contribution in [3.05, 3.63) is 59.4 Å². The fraction of sp³-hybridized carbons (Fsp3) is 0.188. The number of alkyl halides is 6. The Morgan fingerprint density at radius 3 is 2.30 bits per heavy atom. The fourth-order valence-corrected chi connectivity index (χ4v) is 2.66. The highest BCUT2D eigenvalue weighted by Gasteiger charge is 2.34. The van der Waals surface area contributed by atoms with Crippen molar-refractivity contribution in [3.63, 3.8) is 0 Å². The molecule has 0 spiro atoms. The van der Waals surface area contributed by atoms with E-state index in [2.05, 4.69) is 10.6 Å². The number of urea groups is 1. The third-order valence-corrected chi connectivity index (χ3v) is 3.87. The largest absolute Gasteiger partial charge is 0.446 e. The molecule has 0 aliphatic heterocycles. The Bertz CT molecular complexity index is 821. The SMILES string of the molecule is O=C(NCc1cccc(C(F)(F)F)c1F)Nc1cccc(SC(F)(F)F)c1. The molecular weight excluding hydrogens is 401 g/mol. The minimum absolute atomic E-state index is 0.0336. The average molecular weight is 412 g/mol. The normalized spacial score (nSPS) is 12.0. The van der Waals surface area contributed by atoms with E-state index < -0.39 is 35.6 Å². The second kappa shape index (κ2) is 8.07. The van der Waals surface area contributed by atoms with E-state index in [4.69, 9.17) is 0 Å². The van der Waals surface area contributed by atoms with Gasteiger partial charge < -0.3 is 10.6 Å². The van der Waals surface area contributed by atoms with E-state index in [1.165, 1.54) is 18.2 Å². The predicted molar refractivity (Wildman–Crippen MR) is 85.6 cm³/mol. The molecule has 2 aromatic rings. The van der Waals surface area contributed by atoms with E-state index in [-0.39, 0.29) is 27.9 Å². The molecule has 0 aliphatic carbocycles. The number of amides is 2. The molecule has 2 aromatic carbocycles. The highest BCUT2D eigenvalue weighted by molar-refractivity contribution is 8.00. The molecule has 0 aliphatic rings. The molecule has 0 bridgehead atoms.